The summed E-state index contributed by atoms with van der Waals surface area (Å²) in [5.74, 6) is 0.250. The van der Waals surface area contributed by atoms with Crippen LogP contribution in [-0.4, -0.2) is 36.0 Å². The topological polar surface area (TPSA) is 32.3 Å². The predicted molar refractivity (Wildman–Crippen MR) is 87.3 cm³/mol. The van der Waals surface area contributed by atoms with Crippen LogP contribution in [0.4, 0.5) is 0 Å². The van der Waals surface area contributed by atoms with Crippen molar-refractivity contribution in [2.24, 2.45) is 0 Å². The molecule has 0 saturated carbocycles. The van der Waals surface area contributed by atoms with Crippen molar-refractivity contribution in [3.05, 3.63) is 35.9 Å². The summed E-state index contributed by atoms with van der Waals surface area (Å²) in [5, 5.41) is 3.55. The molecule has 1 aromatic rings. The van der Waals surface area contributed by atoms with Crippen molar-refractivity contribution in [2.45, 2.75) is 58.0 Å². The number of amides is 1. The predicted octanol–water partition coefficient (Wildman–Crippen LogP) is 2.95. The van der Waals surface area contributed by atoms with Crippen LogP contribution < -0.4 is 5.32 Å². The van der Waals surface area contributed by atoms with Gasteiger partial charge in [-0.3, -0.25) is 4.79 Å². The summed E-state index contributed by atoms with van der Waals surface area (Å²) in [6.45, 7) is 10.2. The lowest BCUT2D eigenvalue weighted by molar-refractivity contribution is -0.140. The Morgan fingerprint density at radius 1 is 1.24 bits per heavy atom. The number of piperazine rings is 1. The molecule has 0 bridgehead atoms. The van der Waals surface area contributed by atoms with Gasteiger partial charge in [-0.05, 0) is 32.3 Å². The minimum atomic E-state index is -0.468. The largest absolute Gasteiger partial charge is 0.336 e. The molecule has 21 heavy (non-hydrogen) atoms. The van der Waals surface area contributed by atoms with Crippen LogP contribution in [0.15, 0.2) is 30.3 Å². The molecule has 0 aromatic heterocycles. The second-order valence-electron chi connectivity index (χ2n) is 6.52. The average molecular weight is 288 g/mol. The fourth-order valence-electron chi connectivity index (χ4n) is 3.09. The molecular weight excluding hydrogens is 260 g/mol. The molecule has 1 aliphatic heterocycles. The fraction of sp³-hybridized carbons (Fsp3) is 0.611. The van der Waals surface area contributed by atoms with Crippen LogP contribution in [0.1, 0.15) is 46.1 Å². The van der Waals surface area contributed by atoms with Gasteiger partial charge in [-0.25, -0.2) is 0 Å². The Bertz CT molecular complexity index is 469. The molecule has 3 nitrogen and oxygen atoms in total. The zero-order valence-electron chi connectivity index (χ0n) is 13.7. The molecular formula is C18H28N2O. The highest BCUT2D eigenvalue weighted by atomic mass is 16.2. The van der Waals surface area contributed by atoms with E-state index in [4.69, 9.17) is 0 Å². The minimum absolute atomic E-state index is 0.250. The molecule has 0 radical (unpaired) electrons. The molecule has 1 saturated heterocycles. The Morgan fingerprint density at radius 2 is 1.90 bits per heavy atom. The molecule has 1 fully saturated rings. The summed E-state index contributed by atoms with van der Waals surface area (Å²) in [4.78, 5) is 15.3. The molecule has 1 amide bonds. The molecule has 116 valence electrons. The normalized spacial score (nSPS) is 23.1. The van der Waals surface area contributed by atoms with E-state index >= 15 is 0 Å². The van der Waals surface area contributed by atoms with Crippen LogP contribution in [0.25, 0.3) is 0 Å². The van der Waals surface area contributed by atoms with Crippen LogP contribution in [0.2, 0.25) is 0 Å². The molecule has 1 aromatic carbocycles. The van der Waals surface area contributed by atoms with Crippen molar-refractivity contribution >= 4 is 5.91 Å². The lowest BCUT2D eigenvalue weighted by Gasteiger charge is -2.43. The molecule has 2 rings (SSSR count). The molecule has 1 N–H and O–H groups in total. The van der Waals surface area contributed by atoms with Gasteiger partial charge in [0.1, 0.15) is 0 Å². The van der Waals surface area contributed by atoms with E-state index in [0.29, 0.717) is 12.1 Å². The zero-order chi connectivity index (χ0) is 15.5. The van der Waals surface area contributed by atoms with Crippen molar-refractivity contribution in [1.29, 1.82) is 0 Å². The third kappa shape index (κ3) is 3.29. The molecule has 0 aliphatic carbocycles. The number of nitrogens with one attached hydrogen (secondary N) is 1. The molecule has 1 heterocycles. The van der Waals surface area contributed by atoms with Gasteiger partial charge in [-0.15, -0.1) is 0 Å². The summed E-state index contributed by atoms with van der Waals surface area (Å²) in [5.41, 5.74) is 0.626. The first-order valence-electron chi connectivity index (χ1n) is 8.10. The lowest BCUT2D eigenvalue weighted by atomic mass is 9.82. The maximum absolute atomic E-state index is 13.1. The van der Waals surface area contributed by atoms with Crippen LogP contribution >= 0.6 is 0 Å². The van der Waals surface area contributed by atoms with Gasteiger partial charge in [-0.1, -0.05) is 44.2 Å². The van der Waals surface area contributed by atoms with E-state index < -0.39 is 5.41 Å². The highest BCUT2D eigenvalue weighted by Crippen LogP contribution is 2.28. The van der Waals surface area contributed by atoms with E-state index in [9.17, 15) is 4.79 Å². The first-order chi connectivity index (χ1) is 10.0. The van der Waals surface area contributed by atoms with E-state index in [1.165, 1.54) is 0 Å². The van der Waals surface area contributed by atoms with E-state index in [1.807, 2.05) is 32.0 Å². The third-order valence-electron chi connectivity index (χ3n) is 4.76. The second-order valence-corrected chi connectivity index (χ2v) is 6.52. The fourth-order valence-corrected chi connectivity index (χ4v) is 3.09. The van der Waals surface area contributed by atoms with E-state index in [0.717, 1.165) is 31.5 Å². The number of benzene rings is 1. The Balaban J connectivity index is 2.23. The quantitative estimate of drug-likeness (QED) is 0.924. The highest BCUT2D eigenvalue weighted by Gasteiger charge is 2.38. The van der Waals surface area contributed by atoms with Crippen LogP contribution in [0.5, 0.6) is 0 Å². The van der Waals surface area contributed by atoms with Crippen LogP contribution in [0, 0.1) is 0 Å². The van der Waals surface area contributed by atoms with Gasteiger partial charge < -0.3 is 10.2 Å². The first-order valence-corrected chi connectivity index (χ1v) is 8.10. The van der Waals surface area contributed by atoms with Gasteiger partial charge in [0.2, 0.25) is 5.91 Å². The number of carbonyl (C=O) groups excluding carboxylic acids is 1. The van der Waals surface area contributed by atoms with Gasteiger partial charge in [-0.2, -0.15) is 0 Å². The van der Waals surface area contributed by atoms with Crippen molar-refractivity contribution < 1.29 is 4.79 Å². The SMILES string of the molecule is CCC1CN(C(=O)C(C)(C)c2ccccc2)C(CC)CN1. The first kappa shape index (κ1) is 16.0. The Labute approximate surface area is 128 Å². The zero-order valence-corrected chi connectivity index (χ0v) is 13.7. The Morgan fingerprint density at radius 3 is 2.48 bits per heavy atom. The van der Waals surface area contributed by atoms with Crippen molar-refractivity contribution in [1.82, 2.24) is 10.2 Å². The average Bonchev–Trinajstić information content (AvgIpc) is 2.54. The summed E-state index contributed by atoms with van der Waals surface area (Å²) < 4.78 is 0. The van der Waals surface area contributed by atoms with Crippen LogP contribution in [0.3, 0.4) is 0 Å². The number of hydrogen-bond donors (Lipinski definition) is 1. The highest BCUT2D eigenvalue weighted by molar-refractivity contribution is 5.87. The molecule has 3 heteroatoms. The van der Waals surface area contributed by atoms with Gasteiger partial charge >= 0.3 is 0 Å². The number of carbonyl (C=O) groups is 1. The van der Waals surface area contributed by atoms with Crippen LogP contribution in [-0.2, 0) is 10.2 Å². The van der Waals surface area contributed by atoms with Gasteiger partial charge in [0, 0.05) is 25.2 Å². The molecule has 2 atom stereocenters. The van der Waals surface area contributed by atoms with E-state index in [2.05, 4.69) is 36.2 Å². The van der Waals surface area contributed by atoms with E-state index in [-0.39, 0.29) is 5.91 Å². The van der Waals surface area contributed by atoms with Gasteiger partial charge in [0.15, 0.2) is 0 Å². The smallest absolute Gasteiger partial charge is 0.233 e. The number of nitrogens with zero attached hydrogens (tertiary/aromatic N) is 1. The summed E-state index contributed by atoms with van der Waals surface area (Å²) >= 11 is 0. The van der Waals surface area contributed by atoms with Gasteiger partial charge in [0.05, 0.1) is 5.41 Å². The summed E-state index contributed by atoms with van der Waals surface area (Å²) in [6, 6.07) is 10.8. The molecule has 1 aliphatic rings. The molecule has 2 unspecified atom stereocenters. The summed E-state index contributed by atoms with van der Waals surface area (Å²) in [6.07, 6.45) is 2.06. The standard InChI is InChI=1S/C18H28N2O/c1-5-15-13-20(16(6-2)12-19-15)17(21)18(3,4)14-10-8-7-9-11-14/h7-11,15-16,19H,5-6,12-13H2,1-4H3. The maximum atomic E-state index is 13.1. The second kappa shape index (κ2) is 6.61. The monoisotopic (exact) mass is 288 g/mol. The number of rotatable bonds is 4. The Hall–Kier alpha value is -1.35. The third-order valence-corrected chi connectivity index (χ3v) is 4.76. The van der Waals surface area contributed by atoms with E-state index in [1.54, 1.807) is 0 Å². The lowest BCUT2D eigenvalue weighted by Crippen LogP contribution is -2.60. The minimum Gasteiger partial charge on any atom is -0.336 e. The van der Waals surface area contributed by atoms with Crippen molar-refractivity contribution in [3.8, 4) is 0 Å². The van der Waals surface area contributed by atoms with Crippen molar-refractivity contribution in [2.75, 3.05) is 13.1 Å². The van der Waals surface area contributed by atoms with Crippen molar-refractivity contribution in [3.63, 3.8) is 0 Å². The maximum Gasteiger partial charge on any atom is 0.233 e. The van der Waals surface area contributed by atoms with Gasteiger partial charge in [0.25, 0.3) is 0 Å². The Kier molecular flexibility index (Phi) is 5.04. The summed E-state index contributed by atoms with van der Waals surface area (Å²) in [7, 11) is 0. The number of hydrogen-bond acceptors (Lipinski definition) is 2. The molecule has 0 spiro atoms.